The lowest BCUT2D eigenvalue weighted by molar-refractivity contribution is 0.660. The second kappa shape index (κ2) is 29.9. The molecule has 0 heterocycles. The third-order valence-electron chi connectivity index (χ3n) is 19.3. The van der Waals surface area contributed by atoms with Gasteiger partial charge in [-0.25, -0.2) is 0 Å². The first-order chi connectivity index (χ1) is 46.8. The zero-order valence-corrected chi connectivity index (χ0v) is 58.4. The van der Waals surface area contributed by atoms with Crippen LogP contribution in [-0.4, -0.2) is 0 Å². The fourth-order valence-electron chi connectivity index (χ4n) is 14.8. The molecule has 0 unspecified atom stereocenters. The highest BCUT2D eigenvalue weighted by Crippen LogP contribution is 2.63. The van der Waals surface area contributed by atoms with E-state index in [-0.39, 0.29) is 16.2 Å². The van der Waals surface area contributed by atoms with Gasteiger partial charge in [0.05, 0.1) is 5.41 Å². The molecule has 1 spiro atoms. The quantitative estimate of drug-likeness (QED) is 0.154. The number of aryl methyl sites for hydroxylation is 5. The van der Waals surface area contributed by atoms with E-state index in [0.29, 0.717) is 0 Å². The van der Waals surface area contributed by atoms with Gasteiger partial charge in [0.25, 0.3) is 0 Å². The van der Waals surface area contributed by atoms with Crippen molar-refractivity contribution in [2.75, 3.05) is 0 Å². The van der Waals surface area contributed by atoms with Gasteiger partial charge in [-0.3, -0.25) is 0 Å². The van der Waals surface area contributed by atoms with E-state index < -0.39 is 0 Å². The molecule has 0 nitrogen and oxygen atoms in total. The lowest BCUT2D eigenvalue weighted by Crippen LogP contribution is -2.25. The summed E-state index contributed by atoms with van der Waals surface area (Å²) >= 11 is 0. The average Bonchev–Trinajstić information content (AvgIpc) is 1.52. The van der Waals surface area contributed by atoms with E-state index in [9.17, 15) is 0 Å². The predicted molar refractivity (Wildman–Crippen MR) is 416 cm³/mol. The van der Waals surface area contributed by atoms with E-state index in [2.05, 4.69) is 379 Å². The number of hydrogen-bond acceptors (Lipinski definition) is 0. The maximum absolute atomic E-state index is 2.40. The van der Waals surface area contributed by atoms with E-state index in [4.69, 9.17) is 0 Å². The first-order valence-corrected chi connectivity index (χ1v) is 34.6. The van der Waals surface area contributed by atoms with Gasteiger partial charge in [0.2, 0.25) is 0 Å². The summed E-state index contributed by atoms with van der Waals surface area (Å²) in [6.45, 7) is 25.9. The highest BCUT2D eigenvalue weighted by atomic mass is 14.5. The fourth-order valence-corrected chi connectivity index (χ4v) is 14.8. The molecule has 0 amide bonds. The van der Waals surface area contributed by atoms with Gasteiger partial charge in [-0.1, -0.05) is 398 Å². The van der Waals surface area contributed by atoms with Crippen LogP contribution in [0.3, 0.4) is 0 Å². The minimum Gasteiger partial charge on any atom is -0.0683 e. The molecule has 0 N–H and O–H groups in total. The Hall–Kier alpha value is -10.4. The van der Waals surface area contributed by atoms with Crippen LogP contribution >= 0.6 is 0 Å². The molecule has 0 bridgehead atoms. The molecule has 4 aliphatic carbocycles. The lowest BCUT2D eigenvalue weighted by atomic mass is 9.70. The normalized spacial score (nSPS) is 12.9. The minimum absolute atomic E-state index is 0.0472. The van der Waals surface area contributed by atoms with Crippen molar-refractivity contribution in [2.45, 2.75) is 106 Å². The third kappa shape index (κ3) is 13.1. The van der Waals surface area contributed by atoms with Crippen molar-refractivity contribution >= 4 is 21.5 Å². The van der Waals surface area contributed by atoms with Crippen LogP contribution in [0.15, 0.2) is 328 Å². The first-order valence-electron chi connectivity index (χ1n) is 34.6. The number of rotatable bonds is 1. The molecule has 14 aromatic carbocycles. The highest BCUT2D eigenvalue weighted by molar-refractivity contribution is 5.95. The van der Waals surface area contributed by atoms with Crippen molar-refractivity contribution in [3.63, 3.8) is 0 Å². The predicted octanol–water partition coefficient (Wildman–Crippen LogP) is 26.4. The Kier molecular flexibility index (Phi) is 20.9. The van der Waals surface area contributed by atoms with Crippen LogP contribution in [0.1, 0.15) is 133 Å². The van der Waals surface area contributed by atoms with Gasteiger partial charge < -0.3 is 0 Å². The zero-order valence-electron chi connectivity index (χ0n) is 58.4. The van der Waals surface area contributed by atoms with Crippen LogP contribution in [-0.2, 0) is 16.2 Å². The van der Waals surface area contributed by atoms with Crippen molar-refractivity contribution in [3.8, 4) is 44.5 Å². The van der Waals surface area contributed by atoms with Gasteiger partial charge in [0.1, 0.15) is 0 Å². The Morgan fingerprint density at radius 3 is 1.05 bits per heavy atom. The second-order valence-electron chi connectivity index (χ2n) is 26.2. The minimum atomic E-state index is -0.189. The average molecular weight is 1250 g/mol. The van der Waals surface area contributed by atoms with E-state index >= 15 is 0 Å². The van der Waals surface area contributed by atoms with E-state index in [0.717, 1.165) is 0 Å². The van der Waals surface area contributed by atoms with Crippen LogP contribution in [0, 0.1) is 34.6 Å². The molecule has 96 heavy (non-hydrogen) atoms. The fraction of sp³-hybridized carbons (Fsp3) is 0.167. The molecule has 0 fully saturated rings. The monoisotopic (exact) mass is 1240 g/mol. The highest BCUT2D eigenvalue weighted by Gasteiger charge is 2.51. The van der Waals surface area contributed by atoms with Crippen LogP contribution in [0.25, 0.3) is 66.1 Å². The Morgan fingerprint density at radius 2 is 0.573 bits per heavy atom. The van der Waals surface area contributed by atoms with Crippen LogP contribution in [0.2, 0.25) is 0 Å². The lowest BCUT2D eigenvalue weighted by Gasteiger charge is -2.30. The van der Waals surface area contributed by atoms with E-state index in [1.165, 1.54) is 150 Å². The Balaban J connectivity index is 0.000000120. The molecular weight excluding hydrogens is 1150 g/mol. The molecule has 0 saturated heterocycles. The molecular formula is C96H92. The molecule has 0 aliphatic heterocycles. The van der Waals surface area contributed by atoms with Crippen molar-refractivity contribution < 1.29 is 0 Å². The zero-order chi connectivity index (χ0) is 67.4. The molecule has 0 saturated carbocycles. The Bertz CT molecular complexity index is 4820. The van der Waals surface area contributed by atoms with Crippen molar-refractivity contribution in [1.82, 2.24) is 0 Å². The first kappa shape index (κ1) is 67.0. The molecule has 476 valence electrons. The van der Waals surface area contributed by atoms with Crippen molar-refractivity contribution in [1.29, 1.82) is 0 Å². The van der Waals surface area contributed by atoms with Crippen LogP contribution < -0.4 is 0 Å². The van der Waals surface area contributed by atoms with Gasteiger partial charge in [-0.15, -0.1) is 0 Å². The Morgan fingerprint density at radius 1 is 0.240 bits per heavy atom. The maximum Gasteiger partial charge on any atom is 0.0725 e. The molecule has 0 heteroatoms. The van der Waals surface area contributed by atoms with E-state index in [1.54, 1.807) is 0 Å². The Labute approximate surface area is 573 Å². The maximum atomic E-state index is 2.40. The largest absolute Gasteiger partial charge is 0.0725 e. The van der Waals surface area contributed by atoms with Crippen molar-refractivity contribution in [3.05, 3.63) is 405 Å². The molecule has 14 aromatic rings. The summed E-state index contributed by atoms with van der Waals surface area (Å²) in [6.07, 6.45) is 1.25. The summed E-state index contributed by atoms with van der Waals surface area (Å²) in [4.78, 5) is 0. The summed E-state index contributed by atoms with van der Waals surface area (Å²) in [5.74, 6) is 0. The standard InChI is InChI=1S/C26H18.C20H16.C16H16.2C11H10.C7H8.C3H8.C2H6/c1-17-14-15-21-20-10-4-7-13-24(20)26(25(21)16-17)22-11-5-2-8-18(22)19-9-3-6-12-23(19)26;1-20(15-9-3-2-4-10-15)18-13-7-5-11-16(18)17-12-6-8-14-19(17)20;1-11-8-9-13-12-6-4-5-7-14(12)16(2,3)15(13)10-11;1-9-5-4-7-10-6-2-3-8-11(9)10;1-9-6-7-10-4-2-3-5-11(10)8-9;1-7-5-3-2-4-6-7;1-3-2;1-2/h2-16H,1H3;2-14H,1H3;4-10H,1-3H3;2*2-8H,1H3;2-6H,1H3;3H2,1-2H3;1-2H3. The summed E-state index contributed by atoms with van der Waals surface area (Å²) in [5, 5.41) is 5.33. The van der Waals surface area contributed by atoms with Gasteiger partial charge >= 0.3 is 0 Å². The number of fused-ring (bicyclic) bond motifs is 18. The molecule has 18 rings (SSSR count). The number of hydrogen-bond donors (Lipinski definition) is 0. The van der Waals surface area contributed by atoms with Gasteiger partial charge in [0, 0.05) is 10.8 Å². The molecule has 0 aromatic heterocycles. The SMILES string of the molecule is CC.CC1(c2ccccc2)c2ccccc2-c2ccccc21.CCC.Cc1ccc2c(c1)C(C)(C)c1ccccc1-2.Cc1ccc2c(c1)C1(c3ccccc3-c3ccccc31)c1ccccc1-2.Cc1ccc2ccccc2c1.Cc1cccc2ccccc12.Cc1ccccc1. The smallest absolute Gasteiger partial charge is 0.0683 e. The van der Waals surface area contributed by atoms with Crippen LogP contribution in [0.4, 0.5) is 0 Å². The van der Waals surface area contributed by atoms with Crippen molar-refractivity contribution in [2.24, 2.45) is 0 Å². The third-order valence-corrected chi connectivity index (χ3v) is 19.3. The summed E-state index contributed by atoms with van der Waals surface area (Å²) < 4.78 is 0. The second-order valence-corrected chi connectivity index (χ2v) is 26.2. The topological polar surface area (TPSA) is 0 Å². The van der Waals surface area contributed by atoms with Gasteiger partial charge in [-0.05, 0) is 163 Å². The van der Waals surface area contributed by atoms with Gasteiger partial charge in [0.15, 0.2) is 0 Å². The summed E-state index contributed by atoms with van der Waals surface area (Å²) in [6, 6.07) is 118. The molecule has 4 aliphatic rings. The van der Waals surface area contributed by atoms with Gasteiger partial charge in [-0.2, -0.15) is 0 Å². The van der Waals surface area contributed by atoms with E-state index in [1.807, 2.05) is 32.0 Å². The summed E-state index contributed by atoms with van der Waals surface area (Å²) in [5.41, 5.74) is 30.4. The number of benzene rings is 14. The summed E-state index contributed by atoms with van der Waals surface area (Å²) in [7, 11) is 0. The van der Waals surface area contributed by atoms with Crippen LogP contribution in [0.5, 0.6) is 0 Å². The molecule has 0 radical (unpaired) electrons. The molecule has 0 atom stereocenters.